The summed E-state index contributed by atoms with van der Waals surface area (Å²) in [5.41, 5.74) is 1.18. The van der Waals surface area contributed by atoms with Gasteiger partial charge in [-0.25, -0.2) is 14.5 Å². The first-order chi connectivity index (χ1) is 14.0. The summed E-state index contributed by atoms with van der Waals surface area (Å²) in [6.45, 7) is -0.717. The van der Waals surface area contributed by atoms with Crippen LogP contribution in [-0.2, 0) is 14.4 Å². The van der Waals surface area contributed by atoms with Gasteiger partial charge < -0.3 is 4.74 Å². The molecule has 2 aromatic rings. The fourth-order valence-electron chi connectivity index (χ4n) is 3.41. The summed E-state index contributed by atoms with van der Waals surface area (Å²) >= 11 is 0. The van der Waals surface area contributed by atoms with Crippen molar-refractivity contribution in [1.82, 2.24) is 14.9 Å². The van der Waals surface area contributed by atoms with Gasteiger partial charge in [0.1, 0.15) is 6.54 Å². The Balaban J connectivity index is 1.57. The minimum atomic E-state index is -0.883. The summed E-state index contributed by atoms with van der Waals surface area (Å²) in [6, 6.07) is 15.2. The molecular formula is C20H17N3O6. The van der Waals surface area contributed by atoms with E-state index >= 15 is 0 Å². The number of carbonyl (C=O) groups excluding carboxylic acids is 4. The zero-order valence-corrected chi connectivity index (χ0v) is 15.5. The number of fused-ring (bicyclic) bond motifs is 1. The molecule has 0 bridgehead atoms. The zero-order chi connectivity index (χ0) is 20.5. The molecule has 4 rings (SSSR count). The summed E-state index contributed by atoms with van der Waals surface area (Å²) in [4.78, 5) is 57.4. The molecule has 2 heterocycles. The van der Waals surface area contributed by atoms with E-state index in [1.807, 2.05) is 0 Å². The van der Waals surface area contributed by atoms with Crippen molar-refractivity contribution in [3.05, 3.63) is 71.3 Å². The predicted molar refractivity (Wildman–Crippen MR) is 98.0 cm³/mol. The van der Waals surface area contributed by atoms with Crippen molar-refractivity contribution in [2.75, 3.05) is 20.4 Å². The lowest BCUT2D eigenvalue weighted by molar-refractivity contribution is -0.207. The summed E-state index contributed by atoms with van der Waals surface area (Å²) < 4.78 is 4.77. The molecule has 9 nitrogen and oxygen atoms in total. The van der Waals surface area contributed by atoms with E-state index in [-0.39, 0.29) is 17.7 Å². The van der Waals surface area contributed by atoms with Crippen molar-refractivity contribution in [3.63, 3.8) is 0 Å². The van der Waals surface area contributed by atoms with Crippen LogP contribution in [0.25, 0.3) is 0 Å². The fraction of sp³-hybridized carbons (Fsp3) is 0.200. The molecule has 1 atom stereocenters. The molecule has 148 valence electrons. The lowest BCUT2D eigenvalue weighted by Gasteiger charge is -2.29. The van der Waals surface area contributed by atoms with Crippen molar-refractivity contribution in [1.29, 1.82) is 0 Å². The van der Waals surface area contributed by atoms with E-state index in [1.165, 1.54) is 12.0 Å². The second kappa shape index (κ2) is 7.36. The summed E-state index contributed by atoms with van der Waals surface area (Å²) in [5, 5.41) is 0.996. The molecule has 2 aliphatic rings. The molecular weight excluding hydrogens is 378 g/mol. The van der Waals surface area contributed by atoms with Gasteiger partial charge in [-0.2, -0.15) is 5.06 Å². The van der Waals surface area contributed by atoms with E-state index in [4.69, 9.17) is 9.57 Å². The fourth-order valence-corrected chi connectivity index (χ4v) is 3.41. The minimum absolute atomic E-state index is 0.256. The Kier molecular flexibility index (Phi) is 4.73. The molecule has 0 spiro atoms. The Morgan fingerprint density at radius 2 is 1.55 bits per heavy atom. The SMILES string of the molecule is COC(=O)N1CC(=O)N(OCN2C(=O)c3ccccc3C2=O)C1c1ccccc1. The van der Waals surface area contributed by atoms with E-state index in [0.717, 1.165) is 9.96 Å². The van der Waals surface area contributed by atoms with Crippen LogP contribution in [0.5, 0.6) is 0 Å². The van der Waals surface area contributed by atoms with Crippen LogP contribution < -0.4 is 0 Å². The number of imide groups is 1. The van der Waals surface area contributed by atoms with Crippen LogP contribution in [0, 0.1) is 0 Å². The molecule has 2 aliphatic heterocycles. The normalized spacial score (nSPS) is 18.4. The predicted octanol–water partition coefficient (Wildman–Crippen LogP) is 1.78. The Hall–Kier alpha value is -3.72. The van der Waals surface area contributed by atoms with Gasteiger partial charge in [-0.15, -0.1) is 0 Å². The summed E-state index contributed by atoms with van der Waals surface area (Å²) in [7, 11) is 1.22. The van der Waals surface area contributed by atoms with Gasteiger partial charge in [-0.05, 0) is 17.7 Å². The largest absolute Gasteiger partial charge is 0.453 e. The van der Waals surface area contributed by atoms with Gasteiger partial charge in [0.05, 0.1) is 18.2 Å². The molecule has 4 amide bonds. The smallest absolute Gasteiger partial charge is 0.411 e. The average molecular weight is 395 g/mol. The third kappa shape index (κ3) is 3.11. The first-order valence-electron chi connectivity index (χ1n) is 8.82. The van der Waals surface area contributed by atoms with E-state index in [9.17, 15) is 19.2 Å². The monoisotopic (exact) mass is 395 g/mol. The molecule has 0 aromatic heterocycles. The van der Waals surface area contributed by atoms with Crippen LogP contribution in [0.2, 0.25) is 0 Å². The first-order valence-corrected chi connectivity index (χ1v) is 8.82. The number of hydrogen-bond donors (Lipinski definition) is 0. The number of hydrogen-bond acceptors (Lipinski definition) is 6. The molecule has 29 heavy (non-hydrogen) atoms. The molecule has 0 radical (unpaired) electrons. The molecule has 0 aliphatic carbocycles. The van der Waals surface area contributed by atoms with Crippen molar-refractivity contribution in [3.8, 4) is 0 Å². The maximum atomic E-state index is 12.5. The Morgan fingerprint density at radius 1 is 0.966 bits per heavy atom. The number of amides is 4. The van der Waals surface area contributed by atoms with Gasteiger partial charge in [-0.1, -0.05) is 42.5 Å². The van der Waals surface area contributed by atoms with Crippen LogP contribution >= 0.6 is 0 Å². The molecule has 1 unspecified atom stereocenters. The van der Waals surface area contributed by atoms with Gasteiger partial charge in [-0.3, -0.25) is 19.3 Å². The van der Waals surface area contributed by atoms with E-state index < -0.39 is 36.7 Å². The van der Waals surface area contributed by atoms with Crippen LogP contribution in [0.15, 0.2) is 54.6 Å². The van der Waals surface area contributed by atoms with Crippen molar-refractivity contribution >= 4 is 23.8 Å². The lowest BCUT2D eigenvalue weighted by atomic mass is 10.1. The quantitative estimate of drug-likeness (QED) is 0.733. The molecule has 1 fully saturated rings. The van der Waals surface area contributed by atoms with Gasteiger partial charge >= 0.3 is 6.09 Å². The van der Waals surface area contributed by atoms with Crippen molar-refractivity contribution in [2.24, 2.45) is 0 Å². The van der Waals surface area contributed by atoms with Gasteiger partial charge in [0.2, 0.25) is 0 Å². The van der Waals surface area contributed by atoms with Gasteiger partial charge in [0, 0.05) is 0 Å². The average Bonchev–Trinajstić information content (AvgIpc) is 3.21. The summed E-state index contributed by atoms with van der Waals surface area (Å²) in [6.07, 6.45) is -1.58. The topological polar surface area (TPSA) is 96.5 Å². The Labute approximate surface area is 166 Å². The highest BCUT2D eigenvalue weighted by atomic mass is 16.7. The lowest BCUT2D eigenvalue weighted by Crippen LogP contribution is -2.40. The highest BCUT2D eigenvalue weighted by molar-refractivity contribution is 6.21. The maximum absolute atomic E-state index is 12.5. The molecule has 2 aromatic carbocycles. The van der Waals surface area contributed by atoms with E-state index in [1.54, 1.807) is 54.6 Å². The summed E-state index contributed by atoms with van der Waals surface area (Å²) in [5.74, 6) is -1.50. The van der Waals surface area contributed by atoms with E-state index in [0.29, 0.717) is 5.56 Å². The Morgan fingerprint density at radius 3 is 2.14 bits per heavy atom. The number of benzene rings is 2. The Bertz CT molecular complexity index is 958. The first kappa shape index (κ1) is 18.6. The minimum Gasteiger partial charge on any atom is -0.453 e. The van der Waals surface area contributed by atoms with Crippen LogP contribution in [0.4, 0.5) is 4.79 Å². The van der Waals surface area contributed by atoms with Crippen molar-refractivity contribution in [2.45, 2.75) is 6.17 Å². The third-order valence-electron chi connectivity index (χ3n) is 4.78. The third-order valence-corrected chi connectivity index (χ3v) is 4.78. The zero-order valence-electron chi connectivity index (χ0n) is 15.5. The van der Waals surface area contributed by atoms with E-state index in [2.05, 4.69) is 0 Å². The second-order valence-electron chi connectivity index (χ2n) is 6.44. The number of ether oxygens (including phenoxy) is 1. The highest BCUT2D eigenvalue weighted by Crippen LogP contribution is 2.32. The second-order valence-corrected chi connectivity index (χ2v) is 6.44. The highest BCUT2D eigenvalue weighted by Gasteiger charge is 2.44. The number of rotatable bonds is 4. The number of carbonyl (C=O) groups is 4. The van der Waals surface area contributed by atoms with Crippen molar-refractivity contribution < 1.29 is 28.8 Å². The molecule has 9 heteroatoms. The number of nitrogens with zero attached hydrogens (tertiary/aromatic N) is 3. The number of methoxy groups -OCH3 is 1. The van der Waals surface area contributed by atoms with Crippen LogP contribution in [0.1, 0.15) is 32.4 Å². The standard InChI is InChI=1S/C20H17N3O6/c1-28-20(27)21-11-16(24)23(17(21)13-7-3-2-4-8-13)29-12-22-18(25)14-9-5-6-10-15(14)19(22)26/h2-10,17H,11-12H2,1H3. The molecule has 1 saturated heterocycles. The van der Waals surface area contributed by atoms with Crippen LogP contribution in [0.3, 0.4) is 0 Å². The number of hydroxylamine groups is 2. The molecule has 0 saturated carbocycles. The van der Waals surface area contributed by atoms with Crippen LogP contribution in [-0.4, -0.2) is 59.1 Å². The van der Waals surface area contributed by atoms with Gasteiger partial charge in [0.25, 0.3) is 17.7 Å². The molecule has 0 N–H and O–H groups in total. The maximum Gasteiger partial charge on any atom is 0.411 e. The van der Waals surface area contributed by atoms with Gasteiger partial charge in [0.15, 0.2) is 12.9 Å².